The molecule has 6 heteroatoms. The minimum absolute atomic E-state index is 0.00202. The van der Waals surface area contributed by atoms with Gasteiger partial charge in [-0.1, -0.05) is 41.9 Å². The maximum atomic E-state index is 13.6. The van der Waals surface area contributed by atoms with Crippen molar-refractivity contribution in [2.45, 2.75) is 39.9 Å². The van der Waals surface area contributed by atoms with Crippen LogP contribution in [0.15, 0.2) is 48.5 Å². The third-order valence-electron chi connectivity index (χ3n) is 5.38. The molecule has 1 amide bonds. The van der Waals surface area contributed by atoms with Gasteiger partial charge in [0.05, 0.1) is 28.6 Å². The number of halogens is 1. The quantitative estimate of drug-likeness (QED) is 0.591. The van der Waals surface area contributed by atoms with Crippen LogP contribution in [0.4, 0.5) is 0 Å². The Hall–Kier alpha value is -2.63. The van der Waals surface area contributed by atoms with E-state index >= 15 is 0 Å². The van der Waals surface area contributed by atoms with Crippen LogP contribution >= 0.6 is 11.6 Å². The molecule has 1 aliphatic rings. The van der Waals surface area contributed by atoms with Gasteiger partial charge in [0, 0.05) is 18.7 Å². The van der Waals surface area contributed by atoms with E-state index in [0.717, 1.165) is 22.4 Å². The maximum Gasteiger partial charge on any atom is 0.272 e. The van der Waals surface area contributed by atoms with E-state index in [9.17, 15) is 4.79 Å². The fourth-order valence-corrected chi connectivity index (χ4v) is 4.20. The highest BCUT2D eigenvalue weighted by atomic mass is 35.5. The SMILES string of the molecule is Cc1ccc(C)c(-n2nc(-c3ccccc3Cl)cc2C(=O)N2C[C@H](C)O[C@@H](C)C2)c1. The largest absolute Gasteiger partial charge is 0.372 e. The van der Waals surface area contributed by atoms with E-state index in [4.69, 9.17) is 21.4 Å². The zero-order valence-corrected chi connectivity index (χ0v) is 18.5. The topological polar surface area (TPSA) is 47.4 Å². The van der Waals surface area contributed by atoms with Crippen LogP contribution in [-0.2, 0) is 4.74 Å². The molecule has 5 nitrogen and oxygen atoms in total. The molecule has 1 aromatic heterocycles. The third kappa shape index (κ3) is 4.00. The first-order valence-electron chi connectivity index (χ1n) is 10.2. The standard InChI is InChI=1S/C24H26ClN3O2/c1-15-9-10-16(2)22(11-15)28-23(24(29)27-13-17(3)30-18(4)14-27)12-21(26-28)19-7-5-6-8-20(19)25/h5-12,17-18H,13-14H2,1-4H3/t17-,18-/m0/s1. The van der Waals surface area contributed by atoms with E-state index in [1.165, 1.54) is 0 Å². The van der Waals surface area contributed by atoms with Crippen LogP contribution in [0, 0.1) is 13.8 Å². The molecule has 30 heavy (non-hydrogen) atoms. The highest BCUT2D eigenvalue weighted by Gasteiger charge is 2.30. The molecular formula is C24H26ClN3O2. The summed E-state index contributed by atoms with van der Waals surface area (Å²) in [7, 11) is 0. The Labute approximate surface area is 182 Å². The van der Waals surface area contributed by atoms with Crippen molar-refractivity contribution in [3.8, 4) is 16.9 Å². The molecule has 4 rings (SSSR count). The number of aromatic nitrogens is 2. The van der Waals surface area contributed by atoms with Gasteiger partial charge in [0.25, 0.3) is 5.91 Å². The van der Waals surface area contributed by atoms with Crippen molar-refractivity contribution in [1.29, 1.82) is 0 Å². The van der Waals surface area contributed by atoms with E-state index in [1.807, 2.05) is 62.9 Å². The van der Waals surface area contributed by atoms with Gasteiger partial charge in [-0.25, -0.2) is 4.68 Å². The summed E-state index contributed by atoms with van der Waals surface area (Å²) in [5, 5.41) is 5.43. The average Bonchev–Trinajstić information content (AvgIpc) is 3.13. The number of amides is 1. The Morgan fingerprint density at radius 3 is 2.47 bits per heavy atom. The molecule has 0 radical (unpaired) electrons. The van der Waals surface area contributed by atoms with Crippen molar-refractivity contribution in [2.24, 2.45) is 0 Å². The number of hydrogen-bond acceptors (Lipinski definition) is 3. The van der Waals surface area contributed by atoms with Crippen LogP contribution in [0.1, 0.15) is 35.5 Å². The number of carbonyl (C=O) groups is 1. The molecule has 1 fully saturated rings. The van der Waals surface area contributed by atoms with Gasteiger partial charge in [0.1, 0.15) is 5.69 Å². The zero-order valence-electron chi connectivity index (χ0n) is 17.7. The lowest BCUT2D eigenvalue weighted by Gasteiger charge is -2.35. The Morgan fingerprint density at radius 2 is 1.77 bits per heavy atom. The first-order valence-corrected chi connectivity index (χ1v) is 10.6. The van der Waals surface area contributed by atoms with Gasteiger partial charge < -0.3 is 9.64 Å². The molecule has 2 atom stereocenters. The van der Waals surface area contributed by atoms with E-state index in [0.29, 0.717) is 29.5 Å². The lowest BCUT2D eigenvalue weighted by atomic mass is 10.1. The number of carbonyl (C=O) groups excluding carboxylic acids is 1. The molecular weight excluding hydrogens is 398 g/mol. The summed E-state index contributed by atoms with van der Waals surface area (Å²) in [6, 6.07) is 15.6. The van der Waals surface area contributed by atoms with Gasteiger partial charge in [-0.2, -0.15) is 5.10 Å². The molecule has 1 aliphatic heterocycles. The summed E-state index contributed by atoms with van der Waals surface area (Å²) in [5.74, 6) is -0.0521. The van der Waals surface area contributed by atoms with E-state index in [2.05, 4.69) is 18.2 Å². The third-order valence-corrected chi connectivity index (χ3v) is 5.71. The molecule has 0 saturated carbocycles. The molecule has 156 valence electrons. The van der Waals surface area contributed by atoms with Gasteiger partial charge in [-0.3, -0.25) is 4.79 Å². The first-order chi connectivity index (χ1) is 14.3. The highest BCUT2D eigenvalue weighted by molar-refractivity contribution is 6.33. The number of morpholine rings is 1. The van der Waals surface area contributed by atoms with Gasteiger partial charge in [0.15, 0.2) is 0 Å². The van der Waals surface area contributed by atoms with Crippen molar-refractivity contribution < 1.29 is 9.53 Å². The smallest absolute Gasteiger partial charge is 0.272 e. The molecule has 0 bridgehead atoms. The summed E-state index contributed by atoms with van der Waals surface area (Å²) in [5.41, 5.74) is 5.07. The fourth-order valence-electron chi connectivity index (χ4n) is 3.97. The molecule has 0 aliphatic carbocycles. The average molecular weight is 424 g/mol. The molecule has 0 N–H and O–H groups in total. The van der Waals surface area contributed by atoms with Crippen LogP contribution in [0.25, 0.3) is 16.9 Å². The maximum absolute atomic E-state index is 13.6. The molecule has 3 aromatic rings. The van der Waals surface area contributed by atoms with Crippen LogP contribution in [0.2, 0.25) is 5.02 Å². The van der Waals surface area contributed by atoms with E-state index in [-0.39, 0.29) is 18.1 Å². The van der Waals surface area contributed by atoms with Gasteiger partial charge in [-0.05, 0) is 57.0 Å². The van der Waals surface area contributed by atoms with Gasteiger partial charge in [-0.15, -0.1) is 0 Å². The van der Waals surface area contributed by atoms with Crippen LogP contribution in [-0.4, -0.2) is 45.9 Å². The summed E-state index contributed by atoms with van der Waals surface area (Å²) < 4.78 is 7.57. The number of hydrogen-bond donors (Lipinski definition) is 0. The fraction of sp³-hybridized carbons (Fsp3) is 0.333. The minimum Gasteiger partial charge on any atom is -0.372 e. The Bertz CT molecular complexity index is 1080. The molecule has 2 heterocycles. The number of benzene rings is 2. The number of aryl methyl sites for hydroxylation is 2. The summed E-state index contributed by atoms with van der Waals surface area (Å²) in [6.07, 6.45) is -0.00405. The number of ether oxygens (including phenoxy) is 1. The van der Waals surface area contributed by atoms with E-state index in [1.54, 1.807) is 4.68 Å². The van der Waals surface area contributed by atoms with Crippen molar-refractivity contribution >= 4 is 17.5 Å². The van der Waals surface area contributed by atoms with Crippen LogP contribution < -0.4 is 0 Å². The Kier molecular flexibility index (Phi) is 5.67. The van der Waals surface area contributed by atoms with Gasteiger partial charge in [0.2, 0.25) is 0 Å². The van der Waals surface area contributed by atoms with Crippen molar-refractivity contribution in [2.75, 3.05) is 13.1 Å². The van der Waals surface area contributed by atoms with E-state index < -0.39 is 0 Å². The van der Waals surface area contributed by atoms with Crippen molar-refractivity contribution in [1.82, 2.24) is 14.7 Å². The second-order valence-electron chi connectivity index (χ2n) is 8.06. The second kappa shape index (κ2) is 8.25. The summed E-state index contributed by atoms with van der Waals surface area (Å²) >= 11 is 6.43. The predicted molar refractivity (Wildman–Crippen MR) is 119 cm³/mol. The lowest BCUT2D eigenvalue weighted by Crippen LogP contribution is -2.48. The van der Waals surface area contributed by atoms with Gasteiger partial charge >= 0.3 is 0 Å². The van der Waals surface area contributed by atoms with Crippen molar-refractivity contribution in [3.05, 3.63) is 70.4 Å². The summed E-state index contributed by atoms with van der Waals surface area (Å²) in [6.45, 7) is 9.17. The van der Waals surface area contributed by atoms with Crippen LogP contribution in [0.5, 0.6) is 0 Å². The second-order valence-corrected chi connectivity index (χ2v) is 8.47. The Morgan fingerprint density at radius 1 is 1.07 bits per heavy atom. The van der Waals surface area contributed by atoms with Crippen molar-refractivity contribution in [3.63, 3.8) is 0 Å². The number of nitrogens with zero attached hydrogens (tertiary/aromatic N) is 3. The summed E-state index contributed by atoms with van der Waals surface area (Å²) in [4.78, 5) is 15.4. The minimum atomic E-state index is -0.0521. The normalized spacial score (nSPS) is 19.2. The molecule has 1 saturated heterocycles. The molecule has 0 spiro atoms. The molecule has 0 unspecified atom stereocenters. The molecule has 2 aromatic carbocycles. The highest BCUT2D eigenvalue weighted by Crippen LogP contribution is 2.30. The Balaban J connectivity index is 1.85. The lowest BCUT2D eigenvalue weighted by molar-refractivity contribution is -0.0588. The monoisotopic (exact) mass is 423 g/mol. The van der Waals surface area contributed by atoms with Crippen LogP contribution in [0.3, 0.4) is 0 Å². The first kappa shape index (κ1) is 20.6. The zero-order chi connectivity index (χ0) is 21.4. The number of rotatable bonds is 3. The predicted octanol–water partition coefficient (Wildman–Crippen LogP) is 5.06.